The Bertz CT molecular complexity index is 1060. The second kappa shape index (κ2) is 10.3. The summed E-state index contributed by atoms with van der Waals surface area (Å²) in [4.78, 5) is 13.2. The summed E-state index contributed by atoms with van der Waals surface area (Å²) in [5.41, 5.74) is 1.17. The van der Waals surface area contributed by atoms with E-state index in [1.165, 1.54) is 6.07 Å². The van der Waals surface area contributed by atoms with Gasteiger partial charge < -0.3 is 14.7 Å². The van der Waals surface area contributed by atoms with E-state index in [-0.39, 0.29) is 29.1 Å². The molecule has 0 bridgehead atoms. The van der Waals surface area contributed by atoms with Crippen molar-refractivity contribution in [2.24, 2.45) is 5.41 Å². The van der Waals surface area contributed by atoms with Crippen molar-refractivity contribution in [3.05, 3.63) is 46.9 Å². The van der Waals surface area contributed by atoms with Crippen LogP contribution in [0.4, 0.5) is 11.4 Å². The van der Waals surface area contributed by atoms with Gasteiger partial charge in [-0.15, -0.1) is 0 Å². The lowest BCUT2D eigenvalue weighted by Crippen LogP contribution is -2.37. The van der Waals surface area contributed by atoms with E-state index in [0.717, 1.165) is 31.4 Å². The average Bonchev–Trinajstić information content (AvgIpc) is 2.85. The normalized spacial score (nSPS) is 19.8. The van der Waals surface area contributed by atoms with Crippen LogP contribution in [0.15, 0.2) is 51.8 Å². The Labute approximate surface area is 198 Å². The highest BCUT2D eigenvalue weighted by Gasteiger charge is 2.41. The molecule has 1 N–H and O–H groups in total. The van der Waals surface area contributed by atoms with Crippen molar-refractivity contribution >= 4 is 43.1 Å². The van der Waals surface area contributed by atoms with Crippen molar-refractivity contribution in [1.29, 1.82) is 0 Å². The number of aliphatic carboxylic acids is 1. The molecule has 0 unspecified atom stereocenters. The van der Waals surface area contributed by atoms with Crippen molar-refractivity contribution in [3.8, 4) is 5.75 Å². The molecule has 0 aromatic heterocycles. The Balaban J connectivity index is 2.15. The van der Waals surface area contributed by atoms with Crippen LogP contribution < -0.4 is 9.64 Å². The monoisotopic (exact) mass is 523 g/mol. The molecule has 1 heterocycles. The number of unbranched alkanes of at least 4 members (excludes halogenated alkanes) is 1. The average molecular weight is 524 g/mol. The van der Waals surface area contributed by atoms with Crippen LogP contribution in [0.3, 0.4) is 0 Å². The van der Waals surface area contributed by atoms with Gasteiger partial charge in [0.1, 0.15) is 5.75 Å². The minimum absolute atomic E-state index is 0.0371. The van der Waals surface area contributed by atoms with Crippen molar-refractivity contribution in [2.75, 3.05) is 23.8 Å². The predicted molar refractivity (Wildman–Crippen MR) is 130 cm³/mol. The topological polar surface area (TPSA) is 83.9 Å². The molecule has 0 fully saturated rings. The maximum Gasteiger partial charge on any atom is 0.306 e. The summed E-state index contributed by atoms with van der Waals surface area (Å²) in [6.45, 7) is 4.76. The first-order chi connectivity index (χ1) is 15.2. The van der Waals surface area contributed by atoms with Gasteiger partial charge in [0, 0.05) is 23.7 Å². The molecular weight excluding hydrogens is 494 g/mol. The van der Waals surface area contributed by atoms with Crippen LogP contribution in [0.5, 0.6) is 5.75 Å². The molecule has 0 spiro atoms. The summed E-state index contributed by atoms with van der Waals surface area (Å²) >= 11 is 3.50. The molecule has 0 amide bonds. The first-order valence-corrected chi connectivity index (χ1v) is 13.4. The molecule has 174 valence electrons. The summed E-state index contributed by atoms with van der Waals surface area (Å²) in [6, 6.07) is 13.2. The number of benzene rings is 2. The molecule has 1 aliphatic heterocycles. The lowest BCUT2D eigenvalue weighted by Gasteiger charge is -2.36. The fourth-order valence-corrected chi connectivity index (χ4v) is 6.84. The molecule has 6 nitrogen and oxygen atoms in total. The second-order valence-electron chi connectivity index (χ2n) is 8.38. The first-order valence-electron chi connectivity index (χ1n) is 10.9. The molecule has 32 heavy (non-hydrogen) atoms. The van der Waals surface area contributed by atoms with Gasteiger partial charge in [-0.3, -0.25) is 4.79 Å². The Morgan fingerprint density at radius 2 is 1.94 bits per heavy atom. The Morgan fingerprint density at radius 1 is 1.22 bits per heavy atom. The Kier molecular flexibility index (Phi) is 7.88. The van der Waals surface area contributed by atoms with Crippen molar-refractivity contribution in [1.82, 2.24) is 0 Å². The number of fused-ring (bicyclic) bond motifs is 1. The molecule has 1 aliphatic rings. The van der Waals surface area contributed by atoms with E-state index < -0.39 is 15.8 Å². The summed E-state index contributed by atoms with van der Waals surface area (Å²) < 4.78 is 33.5. The van der Waals surface area contributed by atoms with Gasteiger partial charge >= 0.3 is 5.97 Å². The molecule has 1 atom stereocenters. The first kappa shape index (κ1) is 24.6. The molecular formula is C24H30BrNO5S. The number of hydrogen-bond donors (Lipinski definition) is 1. The number of sulfone groups is 1. The number of carboxylic acids is 1. The third kappa shape index (κ3) is 5.46. The van der Waals surface area contributed by atoms with Crippen LogP contribution in [0.25, 0.3) is 0 Å². The molecule has 0 saturated heterocycles. The van der Waals surface area contributed by atoms with Crippen molar-refractivity contribution in [2.45, 2.75) is 50.8 Å². The second-order valence-corrected chi connectivity index (χ2v) is 11.2. The van der Waals surface area contributed by atoms with Gasteiger partial charge in [-0.05, 0) is 47.0 Å². The maximum atomic E-state index is 13.7. The summed E-state index contributed by atoms with van der Waals surface area (Å²) in [6.07, 6.45) is 3.40. The number of ether oxygens (including phenoxy) is 1. The third-order valence-electron chi connectivity index (χ3n) is 6.08. The van der Waals surface area contributed by atoms with E-state index in [4.69, 9.17) is 9.84 Å². The number of carboxylic acid groups (broad SMARTS) is 1. The van der Waals surface area contributed by atoms with E-state index >= 15 is 0 Å². The van der Waals surface area contributed by atoms with Gasteiger partial charge in [-0.2, -0.15) is 0 Å². The Morgan fingerprint density at radius 3 is 2.56 bits per heavy atom. The van der Waals surface area contributed by atoms with E-state index in [2.05, 4.69) is 34.7 Å². The third-order valence-corrected chi connectivity index (χ3v) is 8.69. The lowest BCUT2D eigenvalue weighted by molar-refractivity contribution is -0.137. The highest BCUT2D eigenvalue weighted by Crippen LogP contribution is 2.46. The summed E-state index contributed by atoms with van der Waals surface area (Å²) in [5, 5.41) is 8.90. The van der Waals surface area contributed by atoms with Crippen LogP contribution in [-0.4, -0.2) is 38.4 Å². The quantitative estimate of drug-likeness (QED) is 0.446. The molecule has 0 saturated carbocycles. The fraction of sp³-hybridized carbons (Fsp3) is 0.458. The summed E-state index contributed by atoms with van der Waals surface area (Å²) in [5.74, 6) is -0.565. The molecule has 2 aromatic carbocycles. The van der Waals surface area contributed by atoms with Gasteiger partial charge in [-0.1, -0.05) is 44.9 Å². The number of halogens is 1. The molecule has 3 rings (SSSR count). The largest absolute Gasteiger partial charge is 0.492 e. The van der Waals surface area contributed by atoms with Crippen LogP contribution in [0.2, 0.25) is 0 Å². The zero-order valence-electron chi connectivity index (χ0n) is 18.5. The van der Waals surface area contributed by atoms with E-state index in [1.807, 2.05) is 30.3 Å². The lowest BCUT2D eigenvalue weighted by atomic mass is 9.81. The maximum absolute atomic E-state index is 13.7. The van der Waals surface area contributed by atoms with Crippen LogP contribution in [0.1, 0.15) is 46.0 Å². The molecule has 0 radical (unpaired) electrons. The zero-order chi connectivity index (χ0) is 23.4. The van der Waals surface area contributed by atoms with Gasteiger partial charge in [0.25, 0.3) is 0 Å². The van der Waals surface area contributed by atoms with Crippen LogP contribution in [0, 0.1) is 5.41 Å². The van der Waals surface area contributed by atoms with Gasteiger partial charge in [0.05, 0.1) is 33.8 Å². The minimum atomic E-state index is -3.61. The van der Waals surface area contributed by atoms with Crippen LogP contribution in [-0.2, 0) is 14.6 Å². The van der Waals surface area contributed by atoms with Crippen LogP contribution >= 0.6 is 15.9 Å². The van der Waals surface area contributed by atoms with Gasteiger partial charge in [0.2, 0.25) is 0 Å². The SMILES string of the molecule is CCCC[C@]1(CC)CN(c2ccccc2)c2cc(Br)c(OCCC(=O)O)cc2S(=O)(=O)C1. The van der Waals surface area contributed by atoms with Crippen molar-refractivity contribution in [3.63, 3.8) is 0 Å². The standard InChI is InChI=1S/C24H30BrNO5S/c1-3-5-12-24(4-2)16-26(18-9-7-6-8-10-18)20-14-19(25)21(31-13-11-23(27)28)15-22(20)32(29,30)17-24/h6-10,14-15H,3-5,11-13,16-17H2,1-2H3,(H,27,28)/t24-/m1/s1. The van der Waals surface area contributed by atoms with E-state index in [0.29, 0.717) is 22.5 Å². The van der Waals surface area contributed by atoms with E-state index in [9.17, 15) is 13.2 Å². The predicted octanol–water partition coefficient (Wildman–Crippen LogP) is 5.81. The molecule has 8 heteroatoms. The van der Waals surface area contributed by atoms with Gasteiger partial charge in [0.15, 0.2) is 9.84 Å². The smallest absolute Gasteiger partial charge is 0.306 e. The Hall–Kier alpha value is -2.06. The molecule has 0 aliphatic carbocycles. The number of nitrogens with zero attached hydrogens (tertiary/aromatic N) is 1. The number of hydrogen-bond acceptors (Lipinski definition) is 5. The number of carbonyl (C=O) groups is 1. The highest BCUT2D eigenvalue weighted by atomic mass is 79.9. The minimum Gasteiger partial charge on any atom is -0.492 e. The number of anilines is 2. The number of para-hydroxylation sites is 1. The highest BCUT2D eigenvalue weighted by molar-refractivity contribution is 9.10. The fourth-order valence-electron chi connectivity index (χ4n) is 4.22. The van der Waals surface area contributed by atoms with Gasteiger partial charge in [-0.25, -0.2) is 8.42 Å². The number of rotatable bonds is 9. The van der Waals surface area contributed by atoms with Crippen molar-refractivity contribution < 1.29 is 23.1 Å². The summed E-state index contributed by atoms with van der Waals surface area (Å²) in [7, 11) is -3.61. The molecule has 2 aromatic rings. The van der Waals surface area contributed by atoms with E-state index in [1.54, 1.807) is 6.07 Å². The zero-order valence-corrected chi connectivity index (χ0v) is 20.9.